The average molecular weight is 423 g/mol. The summed E-state index contributed by atoms with van der Waals surface area (Å²) < 4.78 is 5.45. The summed E-state index contributed by atoms with van der Waals surface area (Å²) >= 11 is 0. The summed E-state index contributed by atoms with van der Waals surface area (Å²) in [5.74, 6) is -0.113. The molecule has 5 nitrogen and oxygen atoms in total. The quantitative estimate of drug-likeness (QED) is 0.599. The van der Waals surface area contributed by atoms with Crippen LogP contribution in [-0.4, -0.2) is 36.6 Å². The largest absolute Gasteiger partial charge is 0.466 e. The Morgan fingerprint density at radius 2 is 1.74 bits per heavy atom. The maximum absolute atomic E-state index is 12.9. The van der Waals surface area contributed by atoms with Gasteiger partial charge in [-0.3, -0.25) is 4.79 Å². The van der Waals surface area contributed by atoms with Crippen molar-refractivity contribution in [1.82, 2.24) is 4.90 Å². The number of hydrogen-bond donors (Lipinski definition) is 1. The fraction of sp³-hybridized carbons (Fsp3) is 0.462. The highest BCUT2D eigenvalue weighted by Gasteiger charge is 2.43. The highest BCUT2D eigenvalue weighted by Crippen LogP contribution is 2.38. The molecule has 3 rings (SSSR count). The molecule has 166 valence electrons. The second-order valence-electron chi connectivity index (χ2n) is 8.50. The van der Waals surface area contributed by atoms with E-state index in [9.17, 15) is 9.59 Å². The van der Waals surface area contributed by atoms with Gasteiger partial charge < -0.3 is 15.0 Å². The first-order valence-corrected chi connectivity index (χ1v) is 11.3. The topological polar surface area (TPSA) is 58.6 Å². The second-order valence-corrected chi connectivity index (χ2v) is 8.50. The van der Waals surface area contributed by atoms with Crippen LogP contribution in [0.2, 0.25) is 0 Å². The second kappa shape index (κ2) is 10.5. The number of carbonyl (C=O) groups excluding carboxylic acids is 2. The van der Waals surface area contributed by atoms with Crippen LogP contribution in [-0.2, 0) is 16.0 Å². The monoisotopic (exact) mass is 422 g/mol. The zero-order chi connectivity index (χ0) is 22.3. The molecular weight excluding hydrogens is 388 g/mol. The Morgan fingerprint density at radius 1 is 1.03 bits per heavy atom. The Balaban J connectivity index is 1.61. The smallest absolute Gasteiger partial charge is 0.321 e. The summed E-state index contributed by atoms with van der Waals surface area (Å²) in [5, 5.41) is 3.04. The SMILES string of the molecule is CCOC(=O)C1(CCCc2ccccc2)CCN(C(=O)Nc2cccc(C)c2C)CC1. The van der Waals surface area contributed by atoms with Crippen LogP contribution in [0.4, 0.5) is 10.5 Å². The first-order chi connectivity index (χ1) is 14.9. The van der Waals surface area contributed by atoms with Crippen LogP contribution in [0, 0.1) is 19.3 Å². The van der Waals surface area contributed by atoms with Gasteiger partial charge in [-0.25, -0.2) is 4.79 Å². The maximum atomic E-state index is 12.9. The molecule has 0 spiro atoms. The molecule has 1 heterocycles. The molecule has 5 heteroatoms. The number of piperidine rings is 1. The zero-order valence-corrected chi connectivity index (χ0v) is 18.9. The lowest BCUT2D eigenvalue weighted by molar-refractivity contribution is -0.158. The Kier molecular flexibility index (Phi) is 7.72. The molecule has 0 atom stereocenters. The van der Waals surface area contributed by atoms with Crippen molar-refractivity contribution < 1.29 is 14.3 Å². The van der Waals surface area contributed by atoms with Gasteiger partial charge >= 0.3 is 12.0 Å². The van der Waals surface area contributed by atoms with Crippen LogP contribution >= 0.6 is 0 Å². The molecular formula is C26H34N2O3. The Bertz CT molecular complexity index is 887. The zero-order valence-electron chi connectivity index (χ0n) is 18.9. The standard InChI is InChI=1S/C26H34N2O3/c1-4-31-24(29)26(15-9-13-22-11-6-5-7-12-22)16-18-28(19-17-26)25(30)27-23-14-8-10-20(2)21(23)3/h5-8,10-12,14H,4,9,13,15-19H2,1-3H3,(H,27,30). The molecule has 1 N–H and O–H groups in total. The van der Waals surface area contributed by atoms with E-state index in [0.717, 1.165) is 36.1 Å². The maximum Gasteiger partial charge on any atom is 0.321 e. The van der Waals surface area contributed by atoms with Crippen LogP contribution < -0.4 is 5.32 Å². The molecule has 1 aliphatic heterocycles. The third kappa shape index (κ3) is 5.66. The van der Waals surface area contributed by atoms with Crippen LogP contribution in [0.25, 0.3) is 0 Å². The van der Waals surface area contributed by atoms with Crippen LogP contribution in [0.1, 0.15) is 49.3 Å². The predicted molar refractivity (Wildman–Crippen MR) is 124 cm³/mol. The van der Waals surface area contributed by atoms with Gasteiger partial charge in [0.15, 0.2) is 0 Å². The molecule has 1 saturated heterocycles. The van der Waals surface area contributed by atoms with Crippen LogP contribution in [0.3, 0.4) is 0 Å². The summed E-state index contributed by atoms with van der Waals surface area (Å²) in [6.07, 6.45) is 3.94. The van der Waals surface area contributed by atoms with E-state index in [2.05, 4.69) is 17.4 Å². The molecule has 1 aliphatic rings. The van der Waals surface area contributed by atoms with Crippen molar-refractivity contribution in [3.05, 3.63) is 65.2 Å². The number of urea groups is 1. The highest BCUT2D eigenvalue weighted by atomic mass is 16.5. The minimum Gasteiger partial charge on any atom is -0.466 e. The van der Waals surface area contributed by atoms with Gasteiger partial charge in [0.05, 0.1) is 12.0 Å². The number of nitrogens with one attached hydrogen (secondary N) is 1. The van der Waals surface area contributed by atoms with Crippen molar-refractivity contribution in [3.8, 4) is 0 Å². The predicted octanol–water partition coefficient (Wildman–Crippen LogP) is 5.50. The molecule has 0 unspecified atom stereocenters. The Hall–Kier alpha value is -2.82. The lowest BCUT2D eigenvalue weighted by Gasteiger charge is -2.40. The molecule has 0 saturated carbocycles. The van der Waals surface area contributed by atoms with Crippen molar-refractivity contribution >= 4 is 17.7 Å². The number of esters is 1. The van der Waals surface area contributed by atoms with E-state index in [0.29, 0.717) is 32.5 Å². The van der Waals surface area contributed by atoms with Gasteiger partial charge in [-0.05, 0) is 75.6 Å². The van der Waals surface area contributed by atoms with E-state index >= 15 is 0 Å². The van der Waals surface area contributed by atoms with Gasteiger partial charge in [-0.15, -0.1) is 0 Å². The molecule has 0 bridgehead atoms. The first-order valence-electron chi connectivity index (χ1n) is 11.3. The number of likely N-dealkylation sites (tertiary alicyclic amines) is 1. The fourth-order valence-electron chi connectivity index (χ4n) is 4.33. The summed E-state index contributed by atoms with van der Waals surface area (Å²) in [4.78, 5) is 27.5. The number of nitrogens with zero attached hydrogens (tertiary/aromatic N) is 1. The Morgan fingerprint density at radius 3 is 2.42 bits per heavy atom. The van der Waals surface area contributed by atoms with Crippen molar-refractivity contribution in [3.63, 3.8) is 0 Å². The number of rotatable bonds is 7. The van der Waals surface area contributed by atoms with E-state index in [1.165, 1.54) is 5.56 Å². The van der Waals surface area contributed by atoms with Gasteiger partial charge in [0, 0.05) is 18.8 Å². The minimum atomic E-state index is -0.499. The van der Waals surface area contributed by atoms with E-state index in [1.807, 2.05) is 62.1 Å². The number of carbonyl (C=O) groups is 2. The third-order valence-electron chi connectivity index (χ3n) is 6.53. The Labute approximate surface area is 185 Å². The van der Waals surface area contributed by atoms with E-state index in [-0.39, 0.29) is 12.0 Å². The summed E-state index contributed by atoms with van der Waals surface area (Å²) in [6.45, 7) is 7.40. The van der Waals surface area contributed by atoms with Gasteiger partial charge in [0.1, 0.15) is 0 Å². The van der Waals surface area contributed by atoms with Crippen molar-refractivity contribution in [2.75, 3.05) is 25.0 Å². The summed E-state index contributed by atoms with van der Waals surface area (Å²) in [5.41, 5.74) is 3.86. The minimum absolute atomic E-state index is 0.101. The van der Waals surface area contributed by atoms with Crippen LogP contribution in [0.5, 0.6) is 0 Å². The number of ether oxygens (including phenoxy) is 1. The third-order valence-corrected chi connectivity index (χ3v) is 6.53. The van der Waals surface area contributed by atoms with E-state index < -0.39 is 5.41 Å². The molecule has 0 radical (unpaired) electrons. The number of hydrogen-bond acceptors (Lipinski definition) is 3. The number of anilines is 1. The molecule has 1 fully saturated rings. The average Bonchev–Trinajstić information content (AvgIpc) is 2.78. The first kappa shape index (κ1) is 22.9. The van der Waals surface area contributed by atoms with Gasteiger partial charge in [-0.1, -0.05) is 42.5 Å². The molecule has 0 aromatic heterocycles. The molecule has 31 heavy (non-hydrogen) atoms. The van der Waals surface area contributed by atoms with Gasteiger partial charge in [0.25, 0.3) is 0 Å². The fourth-order valence-corrected chi connectivity index (χ4v) is 4.33. The van der Waals surface area contributed by atoms with Gasteiger partial charge in [0.2, 0.25) is 0 Å². The van der Waals surface area contributed by atoms with E-state index in [4.69, 9.17) is 4.74 Å². The molecule has 2 amide bonds. The highest BCUT2D eigenvalue weighted by molar-refractivity contribution is 5.90. The lowest BCUT2D eigenvalue weighted by Crippen LogP contribution is -2.48. The summed E-state index contributed by atoms with van der Waals surface area (Å²) in [7, 11) is 0. The van der Waals surface area contributed by atoms with E-state index in [1.54, 1.807) is 0 Å². The van der Waals surface area contributed by atoms with Crippen molar-refractivity contribution in [2.24, 2.45) is 5.41 Å². The van der Waals surface area contributed by atoms with Gasteiger partial charge in [-0.2, -0.15) is 0 Å². The van der Waals surface area contributed by atoms with Crippen molar-refractivity contribution in [2.45, 2.75) is 52.9 Å². The molecule has 2 aromatic carbocycles. The number of aryl methyl sites for hydroxylation is 2. The molecule has 2 aromatic rings. The molecule has 0 aliphatic carbocycles. The lowest BCUT2D eigenvalue weighted by atomic mass is 9.74. The van der Waals surface area contributed by atoms with Crippen LogP contribution in [0.15, 0.2) is 48.5 Å². The number of benzene rings is 2. The number of amides is 2. The normalized spacial score (nSPS) is 15.4. The summed E-state index contributed by atoms with van der Waals surface area (Å²) in [6, 6.07) is 16.2. The van der Waals surface area contributed by atoms with Crippen molar-refractivity contribution in [1.29, 1.82) is 0 Å².